The van der Waals surface area contributed by atoms with Crippen molar-refractivity contribution in [1.82, 2.24) is 4.90 Å². The average Bonchev–Trinajstić information content (AvgIpc) is 2.90. The summed E-state index contributed by atoms with van der Waals surface area (Å²) in [6, 6.07) is 15.1. The molecule has 0 aliphatic carbocycles. The van der Waals surface area contributed by atoms with Gasteiger partial charge in [0, 0.05) is 19.6 Å². The van der Waals surface area contributed by atoms with E-state index in [4.69, 9.17) is 9.84 Å². The molecule has 0 amide bonds. The average molecular weight is 283 g/mol. The standard InChI is InChI=1S/C17H17NO3/c19-17(20)13-6-7-14-11-18(12-15(14)10-13)8-9-21-16-4-2-1-3-5-16/h1-7,10H,8-9,11-12H2,(H,19,20). The highest BCUT2D eigenvalue weighted by molar-refractivity contribution is 5.87. The molecule has 0 saturated carbocycles. The molecule has 0 unspecified atom stereocenters. The molecule has 1 N–H and O–H groups in total. The molecule has 108 valence electrons. The van der Waals surface area contributed by atoms with Gasteiger partial charge in [-0.2, -0.15) is 0 Å². The number of ether oxygens (including phenoxy) is 1. The predicted octanol–water partition coefficient (Wildman–Crippen LogP) is 2.78. The molecule has 0 saturated heterocycles. The minimum atomic E-state index is -0.872. The summed E-state index contributed by atoms with van der Waals surface area (Å²) in [5.74, 6) is 0.00559. The molecule has 21 heavy (non-hydrogen) atoms. The van der Waals surface area contributed by atoms with Gasteiger partial charge >= 0.3 is 5.97 Å². The van der Waals surface area contributed by atoms with Crippen LogP contribution in [0.15, 0.2) is 48.5 Å². The van der Waals surface area contributed by atoms with Gasteiger partial charge in [0.1, 0.15) is 12.4 Å². The third-order valence-corrected chi connectivity index (χ3v) is 3.66. The maximum Gasteiger partial charge on any atom is 0.335 e. The van der Waals surface area contributed by atoms with Crippen molar-refractivity contribution >= 4 is 5.97 Å². The molecule has 1 aliphatic heterocycles. The normalized spacial score (nSPS) is 13.9. The lowest BCUT2D eigenvalue weighted by Crippen LogP contribution is -2.22. The SMILES string of the molecule is O=C(O)c1ccc2c(c1)CN(CCOc1ccccc1)C2. The van der Waals surface area contributed by atoms with E-state index < -0.39 is 5.97 Å². The highest BCUT2D eigenvalue weighted by Crippen LogP contribution is 2.23. The third-order valence-electron chi connectivity index (χ3n) is 3.66. The van der Waals surface area contributed by atoms with Crippen molar-refractivity contribution < 1.29 is 14.6 Å². The first-order valence-electron chi connectivity index (χ1n) is 6.98. The van der Waals surface area contributed by atoms with E-state index in [1.807, 2.05) is 36.4 Å². The first-order valence-corrected chi connectivity index (χ1v) is 6.98. The monoisotopic (exact) mass is 283 g/mol. The second-order valence-corrected chi connectivity index (χ2v) is 5.16. The highest BCUT2D eigenvalue weighted by Gasteiger charge is 2.19. The molecular weight excluding hydrogens is 266 g/mol. The second kappa shape index (κ2) is 5.97. The molecule has 0 bridgehead atoms. The number of aromatic carboxylic acids is 1. The van der Waals surface area contributed by atoms with Crippen LogP contribution in [0, 0.1) is 0 Å². The number of rotatable bonds is 5. The van der Waals surface area contributed by atoms with Gasteiger partial charge in [-0.1, -0.05) is 24.3 Å². The van der Waals surface area contributed by atoms with Gasteiger partial charge in [-0.25, -0.2) is 4.79 Å². The number of carboxylic acid groups (broad SMARTS) is 1. The minimum Gasteiger partial charge on any atom is -0.492 e. The van der Waals surface area contributed by atoms with Crippen LogP contribution in [0.3, 0.4) is 0 Å². The summed E-state index contributed by atoms with van der Waals surface area (Å²) in [5, 5.41) is 9.02. The van der Waals surface area contributed by atoms with Crippen molar-refractivity contribution in [2.24, 2.45) is 0 Å². The van der Waals surface area contributed by atoms with Crippen LogP contribution < -0.4 is 4.74 Å². The summed E-state index contributed by atoms with van der Waals surface area (Å²) in [6.07, 6.45) is 0. The quantitative estimate of drug-likeness (QED) is 0.916. The molecule has 1 aliphatic rings. The first-order chi connectivity index (χ1) is 10.2. The number of hydrogen-bond donors (Lipinski definition) is 1. The molecular formula is C17H17NO3. The molecule has 0 atom stereocenters. The summed E-state index contributed by atoms with van der Waals surface area (Å²) >= 11 is 0. The summed E-state index contributed by atoms with van der Waals surface area (Å²) in [5.41, 5.74) is 2.67. The Morgan fingerprint density at radius 1 is 1.10 bits per heavy atom. The number of fused-ring (bicyclic) bond motifs is 1. The largest absolute Gasteiger partial charge is 0.492 e. The van der Waals surface area contributed by atoms with E-state index in [2.05, 4.69) is 4.90 Å². The van der Waals surface area contributed by atoms with Crippen molar-refractivity contribution in [1.29, 1.82) is 0 Å². The van der Waals surface area contributed by atoms with Crippen molar-refractivity contribution in [2.75, 3.05) is 13.2 Å². The van der Waals surface area contributed by atoms with E-state index in [0.29, 0.717) is 12.2 Å². The summed E-state index contributed by atoms with van der Waals surface area (Å²) < 4.78 is 5.69. The van der Waals surface area contributed by atoms with Crippen molar-refractivity contribution in [3.8, 4) is 5.75 Å². The number of benzene rings is 2. The zero-order valence-electron chi connectivity index (χ0n) is 11.7. The maximum absolute atomic E-state index is 11.0. The fourth-order valence-electron chi connectivity index (χ4n) is 2.57. The van der Waals surface area contributed by atoms with Crippen molar-refractivity contribution in [2.45, 2.75) is 13.1 Å². The Balaban J connectivity index is 1.54. The van der Waals surface area contributed by atoms with Gasteiger partial charge < -0.3 is 9.84 Å². The van der Waals surface area contributed by atoms with Gasteiger partial charge in [0.15, 0.2) is 0 Å². The summed E-state index contributed by atoms with van der Waals surface area (Å²) in [7, 11) is 0. The van der Waals surface area contributed by atoms with Crippen LogP contribution in [-0.2, 0) is 13.1 Å². The fraction of sp³-hybridized carbons (Fsp3) is 0.235. The number of carboxylic acids is 1. The number of hydrogen-bond acceptors (Lipinski definition) is 3. The lowest BCUT2D eigenvalue weighted by Gasteiger charge is -2.15. The molecule has 2 aromatic rings. The Kier molecular flexibility index (Phi) is 3.88. The molecule has 1 heterocycles. The first kappa shape index (κ1) is 13.6. The van der Waals surface area contributed by atoms with E-state index in [1.54, 1.807) is 12.1 Å². The third kappa shape index (κ3) is 3.23. The Morgan fingerprint density at radius 3 is 2.62 bits per heavy atom. The van der Waals surface area contributed by atoms with Gasteiger partial charge in [0.05, 0.1) is 5.56 Å². The van der Waals surface area contributed by atoms with E-state index in [0.717, 1.165) is 30.9 Å². The van der Waals surface area contributed by atoms with E-state index in [9.17, 15) is 4.79 Å². The molecule has 0 fully saturated rings. The lowest BCUT2D eigenvalue weighted by molar-refractivity contribution is 0.0696. The van der Waals surface area contributed by atoms with Crippen LogP contribution in [0.25, 0.3) is 0 Å². The van der Waals surface area contributed by atoms with Gasteiger partial charge in [0.2, 0.25) is 0 Å². The summed E-state index contributed by atoms with van der Waals surface area (Å²) in [6.45, 7) is 3.09. The van der Waals surface area contributed by atoms with Crippen LogP contribution >= 0.6 is 0 Å². The van der Waals surface area contributed by atoms with Gasteiger partial charge in [-0.3, -0.25) is 4.90 Å². The maximum atomic E-state index is 11.0. The van der Waals surface area contributed by atoms with E-state index in [1.165, 1.54) is 5.56 Å². The zero-order chi connectivity index (χ0) is 14.7. The Bertz CT molecular complexity index is 640. The summed E-state index contributed by atoms with van der Waals surface area (Å²) in [4.78, 5) is 13.2. The molecule has 0 radical (unpaired) electrons. The number of nitrogens with zero attached hydrogens (tertiary/aromatic N) is 1. The molecule has 2 aromatic carbocycles. The smallest absolute Gasteiger partial charge is 0.335 e. The number of carbonyl (C=O) groups is 1. The van der Waals surface area contributed by atoms with Crippen LogP contribution in [-0.4, -0.2) is 29.1 Å². The number of para-hydroxylation sites is 1. The van der Waals surface area contributed by atoms with Crippen molar-refractivity contribution in [3.05, 3.63) is 65.2 Å². The molecule has 3 rings (SSSR count). The molecule has 4 heteroatoms. The highest BCUT2D eigenvalue weighted by atomic mass is 16.5. The zero-order valence-corrected chi connectivity index (χ0v) is 11.7. The molecule has 0 spiro atoms. The van der Waals surface area contributed by atoms with Crippen molar-refractivity contribution in [3.63, 3.8) is 0 Å². The van der Waals surface area contributed by atoms with Crippen LogP contribution in [0.4, 0.5) is 0 Å². The Hall–Kier alpha value is -2.33. The fourth-order valence-corrected chi connectivity index (χ4v) is 2.57. The minimum absolute atomic E-state index is 0.358. The van der Waals surface area contributed by atoms with E-state index >= 15 is 0 Å². The second-order valence-electron chi connectivity index (χ2n) is 5.16. The van der Waals surface area contributed by atoms with Crippen LogP contribution in [0.2, 0.25) is 0 Å². The van der Waals surface area contributed by atoms with Crippen LogP contribution in [0.1, 0.15) is 21.5 Å². The Morgan fingerprint density at radius 2 is 1.86 bits per heavy atom. The lowest BCUT2D eigenvalue weighted by atomic mass is 10.1. The van der Waals surface area contributed by atoms with Gasteiger partial charge in [-0.15, -0.1) is 0 Å². The van der Waals surface area contributed by atoms with Gasteiger partial charge in [-0.05, 0) is 35.4 Å². The molecule has 4 nitrogen and oxygen atoms in total. The predicted molar refractivity (Wildman–Crippen MR) is 79.5 cm³/mol. The molecule has 0 aromatic heterocycles. The van der Waals surface area contributed by atoms with E-state index in [-0.39, 0.29) is 0 Å². The van der Waals surface area contributed by atoms with Gasteiger partial charge in [0.25, 0.3) is 0 Å². The van der Waals surface area contributed by atoms with Crippen LogP contribution in [0.5, 0.6) is 5.75 Å². The topological polar surface area (TPSA) is 49.8 Å². The Labute approximate surface area is 123 Å².